The van der Waals surface area contributed by atoms with Gasteiger partial charge in [-0.3, -0.25) is 0 Å². The van der Waals surface area contributed by atoms with Crippen LogP contribution in [0.25, 0.3) is 98.4 Å². The van der Waals surface area contributed by atoms with Crippen molar-refractivity contribution in [2.75, 3.05) is 4.90 Å². The Morgan fingerprint density at radius 2 is 0.817 bits per heavy atom. The molecular weight excluding hydrogens is 727 g/mol. The molecular formula is C58H37NO. The van der Waals surface area contributed by atoms with E-state index in [0.717, 1.165) is 44.6 Å². The van der Waals surface area contributed by atoms with Crippen molar-refractivity contribution >= 4 is 82.1 Å². The van der Waals surface area contributed by atoms with Crippen LogP contribution in [0.15, 0.2) is 229 Å². The zero-order valence-corrected chi connectivity index (χ0v) is 32.7. The topological polar surface area (TPSA) is 16.4 Å². The summed E-state index contributed by atoms with van der Waals surface area (Å²) in [5.41, 5.74) is 12.3. The Hall–Kier alpha value is -7.94. The van der Waals surface area contributed by atoms with Gasteiger partial charge in [0.25, 0.3) is 0 Å². The fourth-order valence-corrected chi connectivity index (χ4v) is 9.48. The molecule has 0 amide bonds. The molecule has 0 aliphatic heterocycles. The van der Waals surface area contributed by atoms with E-state index < -0.39 is 0 Å². The molecule has 0 saturated heterocycles. The van der Waals surface area contributed by atoms with E-state index in [1.165, 1.54) is 70.9 Å². The van der Waals surface area contributed by atoms with Crippen molar-refractivity contribution in [2.45, 2.75) is 0 Å². The second-order valence-electron chi connectivity index (χ2n) is 15.6. The third-order valence-electron chi connectivity index (χ3n) is 12.2. The maximum absolute atomic E-state index is 6.29. The van der Waals surface area contributed by atoms with Gasteiger partial charge in [0.2, 0.25) is 0 Å². The van der Waals surface area contributed by atoms with Crippen LogP contribution in [0, 0.1) is 0 Å². The Kier molecular flexibility index (Phi) is 7.89. The molecule has 2 nitrogen and oxygen atoms in total. The van der Waals surface area contributed by atoms with E-state index in [4.69, 9.17) is 4.42 Å². The lowest BCUT2D eigenvalue weighted by Crippen LogP contribution is -2.10. The van der Waals surface area contributed by atoms with Gasteiger partial charge < -0.3 is 9.32 Å². The number of para-hydroxylation sites is 1. The first-order valence-electron chi connectivity index (χ1n) is 20.6. The van der Waals surface area contributed by atoms with Crippen LogP contribution < -0.4 is 4.90 Å². The SMILES string of the molecule is c1ccc(-c2c(-c3ccccc3)c3cc(-c4ccc(N(c5ccc6oc7ccccc7c6c5)c5cccc6c5ccc5ccccc56)cc4)ccc3c3ccccc23)cc1. The molecule has 0 N–H and O–H groups in total. The van der Waals surface area contributed by atoms with E-state index in [2.05, 4.69) is 217 Å². The van der Waals surface area contributed by atoms with Gasteiger partial charge in [-0.25, -0.2) is 0 Å². The van der Waals surface area contributed by atoms with E-state index in [1.54, 1.807) is 0 Å². The number of rotatable bonds is 6. The van der Waals surface area contributed by atoms with Crippen LogP contribution >= 0.6 is 0 Å². The summed E-state index contributed by atoms with van der Waals surface area (Å²) in [5, 5.41) is 12.1. The first-order chi connectivity index (χ1) is 29.8. The number of furan rings is 1. The average Bonchev–Trinajstić information content (AvgIpc) is 3.70. The van der Waals surface area contributed by atoms with Crippen LogP contribution in [0.4, 0.5) is 17.1 Å². The minimum atomic E-state index is 0.883. The predicted octanol–water partition coefficient (Wildman–Crippen LogP) is 16.7. The minimum absolute atomic E-state index is 0.883. The molecule has 1 aromatic heterocycles. The molecule has 0 saturated carbocycles. The molecule has 0 aliphatic rings. The Labute approximate surface area is 347 Å². The standard InChI is InChI=1S/C58H37NO/c1-3-15-40(16-4-1)57-51-22-10-9-20-47(51)48-33-29-42(36-53(48)58(57)41-17-5-2-6-18-41)38-26-30-43(31-27-38)59(44-32-35-56-52(37-44)50-21-11-12-25-55(50)60-56)54-24-13-23-46-45-19-8-7-14-39(45)28-34-49(46)54/h1-37H. The summed E-state index contributed by atoms with van der Waals surface area (Å²) in [4.78, 5) is 2.40. The van der Waals surface area contributed by atoms with Crippen LogP contribution in [0.5, 0.6) is 0 Å². The lowest BCUT2D eigenvalue weighted by Gasteiger charge is -2.27. The van der Waals surface area contributed by atoms with Gasteiger partial charge in [-0.2, -0.15) is 0 Å². The quantitative estimate of drug-likeness (QED) is 0.157. The van der Waals surface area contributed by atoms with Crippen molar-refractivity contribution in [1.29, 1.82) is 0 Å². The highest BCUT2D eigenvalue weighted by molar-refractivity contribution is 6.22. The lowest BCUT2D eigenvalue weighted by atomic mass is 9.84. The van der Waals surface area contributed by atoms with Crippen LogP contribution in [0.1, 0.15) is 0 Å². The van der Waals surface area contributed by atoms with Crippen LogP contribution in [0.2, 0.25) is 0 Å². The summed E-state index contributed by atoms with van der Waals surface area (Å²) in [7, 11) is 0. The Bertz CT molecular complexity index is 3590. The normalized spacial score (nSPS) is 11.7. The molecule has 0 radical (unpaired) electrons. The number of hydrogen-bond donors (Lipinski definition) is 0. The van der Waals surface area contributed by atoms with Crippen molar-refractivity contribution in [3.63, 3.8) is 0 Å². The summed E-state index contributed by atoms with van der Waals surface area (Å²) in [5.74, 6) is 0. The van der Waals surface area contributed by atoms with Gasteiger partial charge in [-0.05, 0) is 120 Å². The molecule has 0 fully saturated rings. The summed E-state index contributed by atoms with van der Waals surface area (Å²) in [6.45, 7) is 0. The highest BCUT2D eigenvalue weighted by atomic mass is 16.3. The van der Waals surface area contributed by atoms with E-state index in [-0.39, 0.29) is 0 Å². The van der Waals surface area contributed by atoms with Crippen molar-refractivity contribution in [1.82, 2.24) is 0 Å². The molecule has 12 aromatic rings. The summed E-state index contributed by atoms with van der Waals surface area (Å²) in [6, 6.07) is 81.4. The molecule has 12 rings (SSSR count). The first kappa shape index (κ1) is 34.1. The lowest BCUT2D eigenvalue weighted by molar-refractivity contribution is 0.669. The van der Waals surface area contributed by atoms with Gasteiger partial charge in [0, 0.05) is 27.5 Å². The molecule has 1 heterocycles. The second-order valence-corrected chi connectivity index (χ2v) is 15.6. The molecule has 11 aromatic carbocycles. The summed E-state index contributed by atoms with van der Waals surface area (Å²) < 4.78 is 6.29. The zero-order chi connectivity index (χ0) is 39.6. The number of nitrogens with zero attached hydrogens (tertiary/aromatic N) is 1. The summed E-state index contributed by atoms with van der Waals surface area (Å²) >= 11 is 0. The summed E-state index contributed by atoms with van der Waals surface area (Å²) in [6.07, 6.45) is 0. The Morgan fingerprint density at radius 3 is 1.60 bits per heavy atom. The molecule has 0 bridgehead atoms. The maximum Gasteiger partial charge on any atom is 0.135 e. The van der Waals surface area contributed by atoms with Crippen molar-refractivity contribution < 1.29 is 4.42 Å². The number of fused-ring (bicyclic) bond motifs is 9. The number of hydrogen-bond acceptors (Lipinski definition) is 2. The predicted molar refractivity (Wildman–Crippen MR) is 255 cm³/mol. The highest BCUT2D eigenvalue weighted by Gasteiger charge is 2.20. The fourth-order valence-electron chi connectivity index (χ4n) is 9.48. The minimum Gasteiger partial charge on any atom is -0.456 e. The van der Waals surface area contributed by atoms with Crippen LogP contribution in [0.3, 0.4) is 0 Å². The zero-order valence-electron chi connectivity index (χ0n) is 32.7. The molecule has 0 aliphatic carbocycles. The molecule has 60 heavy (non-hydrogen) atoms. The molecule has 0 atom stereocenters. The largest absolute Gasteiger partial charge is 0.456 e. The second kappa shape index (κ2) is 13.9. The Morgan fingerprint density at radius 1 is 0.267 bits per heavy atom. The molecule has 280 valence electrons. The van der Waals surface area contributed by atoms with Crippen molar-refractivity contribution in [3.05, 3.63) is 224 Å². The molecule has 2 heteroatoms. The Balaban J connectivity index is 1.05. The third kappa shape index (κ3) is 5.50. The van der Waals surface area contributed by atoms with Gasteiger partial charge in [-0.15, -0.1) is 0 Å². The van der Waals surface area contributed by atoms with Crippen LogP contribution in [-0.4, -0.2) is 0 Å². The first-order valence-corrected chi connectivity index (χ1v) is 20.6. The fraction of sp³-hybridized carbons (Fsp3) is 0. The molecule has 0 spiro atoms. The van der Waals surface area contributed by atoms with Gasteiger partial charge in [0.05, 0.1) is 5.69 Å². The molecule has 0 unspecified atom stereocenters. The van der Waals surface area contributed by atoms with Gasteiger partial charge >= 0.3 is 0 Å². The van der Waals surface area contributed by atoms with Gasteiger partial charge in [0.15, 0.2) is 0 Å². The average molecular weight is 764 g/mol. The number of benzene rings is 11. The highest BCUT2D eigenvalue weighted by Crippen LogP contribution is 2.47. The maximum atomic E-state index is 6.29. The van der Waals surface area contributed by atoms with E-state index >= 15 is 0 Å². The number of anilines is 3. The van der Waals surface area contributed by atoms with E-state index in [1.807, 2.05) is 12.1 Å². The van der Waals surface area contributed by atoms with E-state index in [9.17, 15) is 0 Å². The van der Waals surface area contributed by atoms with Crippen molar-refractivity contribution in [2.24, 2.45) is 0 Å². The van der Waals surface area contributed by atoms with Crippen molar-refractivity contribution in [3.8, 4) is 33.4 Å². The smallest absolute Gasteiger partial charge is 0.135 e. The van der Waals surface area contributed by atoms with Gasteiger partial charge in [0.1, 0.15) is 11.2 Å². The third-order valence-corrected chi connectivity index (χ3v) is 12.2. The van der Waals surface area contributed by atoms with E-state index in [0.29, 0.717) is 0 Å². The van der Waals surface area contributed by atoms with Crippen LogP contribution in [-0.2, 0) is 0 Å². The van der Waals surface area contributed by atoms with Gasteiger partial charge in [-0.1, -0.05) is 176 Å². The monoisotopic (exact) mass is 763 g/mol.